The Morgan fingerprint density at radius 3 is 2.17 bits per heavy atom. The van der Waals surface area contributed by atoms with E-state index >= 15 is 0 Å². The first-order valence-corrected chi connectivity index (χ1v) is 8.87. The Bertz CT molecular complexity index is 351. The maximum atomic E-state index is 11.8. The Balaban J connectivity index is 0. The number of carbonyl (C=O) groups excluding carboxylic acids is 1. The summed E-state index contributed by atoms with van der Waals surface area (Å²) in [6, 6.07) is 0. The molecule has 0 aliphatic heterocycles. The number of carbonyl (C=O) groups is 1. The summed E-state index contributed by atoms with van der Waals surface area (Å²) in [5.74, 6) is 0.649. The molecule has 0 aliphatic rings. The van der Waals surface area contributed by atoms with Crippen LogP contribution in [0, 0.1) is 0 Å². The number of amides is 1. The number of nitrogens with one attached hydrogen (secondary N) is 3. The third kappa shape index (κ3) is 15.0. The Morgan fingerprint density at radius 2 is 1.67 bits per heavy atom. The van der Waals surface area contributed by atoms with Crippen molar-refractivity contribution in [3.63, 3.8) is 0 Å². The van der Waals surface area contributed by atoms with E-state index in [0.29, 0.717) is 5.96 Å². The van der Waals surface area contributed by atoms with Crippen molar-refractivity contribution in [1.29, 1.82) is 0 Å². The van der Waals surface area contributed by atoms with Crippen LogP contribution in [0.2, 0.25) is 0 Å². The standard InChI is InChI=1S/C17H37N5O.HI/c1-7-18-16(20-14-15(23)21-17(4,5)6)19-12-10-11-13-22(8-2)9-3;/h7-14H2,1-6H3,(H,21,23)(H2,18,19,20);1H. The molecule has 0 saturated heterocycles. The predicted octanol–water partition coefficient (Wildman–Crippen LogP) is 2.20. The van der Waals surface area contributed by atoms with E-state index < -0.39 is 0 Å². The van der Waals surface area contributed by atoms with Gasteiger partial charge in [0.25, 0.3) is 0 Å². The summed E-state index contributed by atoms with van der Waals surface area (Å²) in [6.45, 7) is 17.5. The highest BCUT2D eigenvalue weighted by Gasteiger charge is 2.13. The molecule has 0 atom stereocenters. The van der Waals surface area contributed by atoms with Crippen LogP contribution in [0.5, 0.6) is 0 Å². The van der Waals surface area contributed by atoms with E-state index in [1.165, 1.54) is 6.42 Å². The van der Waals surface area contributed by atoms with Crippen LogP contribution in [0.25, 0.3) is 0 Å². The average molecular weight is 455 g/mol. The number of guanidine groups is 1. The molecule has 1 amide bonds. The lowest BCUT2D eigenvalue weighted by Gasteiger charge is -2.20. The topological polar surface area (TPSA) is 68.8 Å². The molecule has 0 heterocycles. The SMILES string of the molecule is CCNC(=NCC(=O)NC(C)(C)C)NCCCCN(CC)CC.I. The van der Waals surface area contributed by atoms with Gasteiger partial charge in [-0.05, 0) is 60.2 Å². The van der Waals surface area contributed by atoms with Crippen molar-refractivity contribution in [2.24, 2.45) is 4.99 Å². The Kier molecular flexibility index (Phi) is 15.8. The maximum Gasteiger partial charge on any atom is 0.242 e. The Hall–Kier alpha value is -0.570. The smallest absolute Gasteiger partial charge is 0.242 e. The molecule has 144 valence electrons. The third-order valence-electron chi connectivity index (χ3n) is 3.33. The minimum absolute atomic E-state index is 0. The van der Waals surface area contributed by atoms with Gasteiger partial charge < -0.3 is 20.9 Å². The van der Waals surface area contributed by atoms with E-state index in [4.69, 9.17) is 0 Å². The summed E-state index contributed by atoms with van der Waals surface area (Å²) in [6.07, 6.45) is 2.26. The molecule has 0 aromatic carbocycles. The summed E-state index contributed by atoms with van der Waals surface area (Å²) >= 11 is 0. The summed E-state index contributed by atoms with van der Waals surface area (Å²) in [7, 11) is 0. The van der Waals surface area contributed by atoms with Crippen molar-refractivity contribution >= 4 is 35.8 Å². The second-order valence-electron chi connectivity index (χ2n) is 6.65. The molecule has 3 N–H and O–H groups in total. The van der Waals surface area contributed by atoms with Gasteiger partial charge in [0.05, 0.1) is 0 Å². The summed E-state index contributed by atoms with van der Waals surface area (Å²) < 4.78 is 0. The van der Waals surface area contributed by atoms with Crippen LogP contribution in [0.3, 0.4) is 0 Å². The molecular weight excluding hydrogens is 417 g/mol. The lowest BCUT2D eigenvalue weighted by Crippen LogP contribution is -2.43. The fraction of sp³-hybridized carbons (Fsp3) is 0.882. The Labute approximate surface area is 165 Å². The van der Waals surface area contributed by atoms with Gasteiger partial charge in [-0.15, -0.1) is 24.0 Å². The number of halogens is 1. The summed E-state index contributed by atoms with van der Waals surface area (Å²) in [4.78, 5) is 18.6. The molecule has 0 saturated carbocycles. The van der Waals surface area contributed by atoms with Crippen LogP contribution in [0.4, 0.5) is 0 Å². The van der Waals surface area contributed by atoms with Crippen LogP contribution < -0.4 is 16.0 Å². The molecule has 0 fully saturated rings. The van der Waals surface area contributed by atoms with Gasteiger partial charge in [-0.1, -0.05) is 13.8 Å². The van der Waals surface area contributed by atoms with Gasteiger partial charge in [0.2, 0.25) is 5.91 Å². The number of hydrogen-bond donors (Lipinski definition) is 3. The van der Waals surface area contributed by atoms with Crippen LogP contribution in [0.15, 0.2) is 4.99 Å². The molecule has 0 aromatic heterocycles. The van der Waals surface area contributed by atoms with E-state index in [-0.39, 0.29) is 42.0 Å². The lowest BCUT2D eigenvalue weighted by molar-refractivity contribution is -0.121. The summed E-state index contributed by atoms with van der Waals surface area (Å²) in [5, 5.41) is 9.37. The van der Waals surface area contributed by atoms with Crippen LogP contribution >= 0.6 is 24.0 Å². The van der Waals surface area contributed by atoms with Gasteiger partial charge in [-0.25, -0.2) is 4.99 Å². The average Bonchev–Trinajstić information content (AvgIpc) is 2.46. The van der Waals surface area contributed by atoms with E-state index in [0.717, 1.165) is 39.1 Å². The number of rotatable bonds is 10. The quantitative estimate of drug-likeness (QED) is 0.205. The van der Waals surface area contributed by atoms with E-state index in [1.807, 2.05) is 27.7 Å². The van der Waals surface area contributed by atoms with Crippen molar-refractivity contribution < 1.29 is 4.79 Å². The van der Waals surface area contributed by atoms with Gasteiger partial charge in [0, 0.05) is 18.6 Å². The van der Waals surface area contributed by atoms with Crippen molar-refractivity contribution in [2.45, 2.75) is 59.9 Å². The molecule has 0 rings (SSSR count). The predicted molar refractivity (Wildman–Crippen MR) is 114 cm³/mol. The first-order valence-electron chi connectivity index (χ1n) is 8.87. The zero-order chi connectivity index (χ0) is 17.7. The molecule has 0 aromatic rings. The van der Waals surface area contributed by atoms with Gasteiger partial charge in [-0.2, -0.15) is 0 Å². The summed E-state index contributed by atoms with van der Waals surface area (Å²) in [5.41, 5.74) is -0.219. The van der Waals surface area contributed by atoms with Gasteiger partial charge in [0.1, 0.15) is 6.54 Å². The molecule has 0 unspecified atom stereocenters. The first kappa shape index (κ1) is 25.7. The largest absolute Gasteiger partial charge is 0.357 e. The highest BCUT2D eigenvalue weighted by molar-refractivity contribution is 14.0. The van der Waals surface area contributed by atoms with Gasteiger partial charge >= 0.3 is 0 Å². The second-order valence-corrected chi connectivity index (χ2v) is 6.65. The Morgan fingerprint density at radius 1 is 1.04 bits per heavy atom. The number of unbranched alkanes of at least 4 members (excludes halogenated alkanes) is 1. The van der Waals surface area contributed by atoms with Gasteiger partial charge in [0.15, 0.2) is 5.96 Å². The normalized spacial score (nSPS) is 11.9. The number of aliphatic imine (C=N–C) groups is 1. The molecule has 24 heavy (non-hydrogen) atoms. The minimum Gasteiger partial charge on any atom is -0.357 e. The third-order valence-corrected chi connectivity index (χ3v) is 3.33. The zero-order valence-corrected chi connectivity index (χ0v) is 18.7. The van der Waals surface area contributed by atoms with Crippen molar-refractivity contribution in [1.82, 2.24) is 20.9 Å². The molecule has 6 nitrogen and oxygen atoms in total. The number of nitrogens with zero attached hydrogens (tertiary/aromatic N) is 2. The monoisotopic (exact) mass is 455 g/mol. The van der Waals surface area contributed by atoms with Gasteiger partial charge in [-0.3, -0.25) is 4.79 Å². The second kappa shape index (κ2) is 14.7. The molecule has 0 spiro atoms. The van der Waals surface area contributed by atoms with Crippen molar-refractivity contribution in [3.8, 4) is 0 Å². The van der Waals surface area contributed by atoms with E-state index in [9.17, 15) is 4.79 Å². The fourth-order valence-corrected chi connectivity index (χ4v) is 2.16. The highest BCUT2D eigenvalue weighted by atomic mass is 127. The van der Waals surface area contributed by atoms with Crippen LogP contribution in [-0.2, 0) is 4.79 Å². The molecule has 0 bridgehead atoms. The molecular formula is C17H38IN5O. The zero-order valence-electron chi connectivity index (χ0n) is 16.4. The lowest BCUT2D eigenvalue weighted by atomic mass is 10.1. The number of hydrogen-bond acceptors (Lipinski definition) is 3. The van der Waals surface area contributed by atoms with Crippen molar-refractivity contribution in [2.75, 3.05) is 39.3 Å². The molecule has 0 aliphatic carbocycles. The van der Waals surface area contributed by atoms with Crippen molar-refractivity contribution in [3.05, 3.63) is 0 Å². The fourth-order valence-electron chi connectivity index (χ4n) is 2.16. The first-order chi connectivity index (χ1) is 10.8. The van der Waals surface area contributed by atoms with E-state index in [1.54, 1.807) is 0 Å². The van der Waals surface area contributed by atoms with Crippen LogP contribution in [-0.4, -0.2) is 61.6 Å². The molecule has 0 radical (unpaired) electrons. The highest BCUT2D eigenvalue weighted by Crippen LogP contribution is 1.97. The van der Waals surface area contributed by atoms with E-state index in [2.05, 4.69) is 39.7 Å². The molecule has 7 heteroatoms. The minimum atomic E-state index is -0.219. The van der Waals surface area contributed by atoms with Crippen LogP contribution in [0.1, 0.15) is 54.4 Å². The maximum absolute atomic E-state index is 11.8.